The highest BCUT2D eigenvalue weighted by Crippen LogP contribution is 2.29. The molecule has 0 spiro atoms. The number of hydrogen-bond acceptors (Lipinski definition) is 5. The molecule has 122 valence electrons. The first kappa shape index (κ1) is 16.8. The van der Waals surface area contributed by atoms with E-state index in [0.29, 0.717) is 24.3 Å². The van der Waals surface area contributed by atoms with Crippen LogP contribution in [0.15, 0.2) is 18.2 Å². The van der Waals surface area contributed by atoms with Crippen LogP contribution in [0.4, 0.5) is 0 Å². The van der Waals surface area contributed by atoms with E-state index < -0.39 is 12.0 Å². The lowest BCUT2D eigenvalue weighted by Gasteiger charge is -2.29. The highest BCUT2D eigenvalue weighted by molar-refractivity contribution is 5.87. The van der Waals surface area contributed by atoms with Gasteiger partial charge in [-0.25, -0.2) is 4.79 Å². The molecule has 1 fully saturated rings. The fourth-order valence-electron chi connectivity index (χ4n) is 2.71. The average Bonchev–Trinajstić information content (AvgIpc) is 2.93. The summed E-state index contributed by atoms with van der Waals surface area (Å²) in [4.78, 5) is 26.1. The van der Waals surface area contributed by atoms with E-state index in [2.05, 4.69) is 0 Å². The number of esters is 1. The Morgan fingerprint density at radius 2 is 2.09 bits per heavy atom. The van der Waals surface area contributed by atoms with Gasteiger partial charge in [-0.05, 0) is 24.5 Å². The Labute approximate surface area is 135 Å². The number of amides is 1. The van der Waals surface area contributed by atoms with Crippen molar-refractivity contribution in [2.45, 2.75) is 32.7 Å². The van der Waals surface area contributed by atoms with Crippen molar-refractivity contribution in [1.29, 1.82) is 5.26 Å². The number of nitriles is 1. The zero-order valence-electron chi connectivity index (χ0n) is 13.5. The maximum atomic E-state index is 12.6. The molecule has 0 N–H and O–H groups in total. The van der Waals surface area contributed by atoms with Gasteiger partial charge < -0.3 is 14.4 Å². The first-order valence-corrected chi connectivity index (χ1v) is 7.57. The minimum atomic E-state index is -0.620. The zero-order valence-corrected chi connectivity index (χ0v) is 13.5. The summed E-state index contributed by atoms with van der Waals surface area (Å²) in [5.74, 6) is -0.0129. The van der Waals surface area contributed by atoms with Crippen LogP contribution in [-0.2, 0) is 9.59 Å². The number of methoxy groups -OCH3 is 1. The minimum absolute atomic E-state index is 0.0209. The Morgan fingerprint density at radius 3 is 2.61 bits per heavy atom. The van der Waals surface area contributed by atoms with Crippen LogP contribution in [0.2, 0.25) is 0 Å². The van der Waals surface area contributed by atoms with Crippen LogP contribution in [0.3, 0.4) is 0 Å². The second-order valence-corrected chi connectivity index (χ2v) is 5.78. The monoisotopic (exact) mass is 316 g/mol. The molecule has 6 nitrogen and oxygen atoms in total. The summed E-state index contributed by atoms with van der Waals surface area (Å²) in [6.45, 7) is 4.34. The molecule has 1 aromatic carbocycles. The summed E-state index contributed by atoms with van der Waals surface area (Å²) in [6, 6.07) is 5.97. The Morgan fingerprint density at radius 1 is 1.35 bits per heavy atom. The molecule has 2 rings (SSSR count). The molecule has 0 aromatic heterocycles. The predicted molar refractivity (Wildman–Crippen MR) is 82.9 cm³/mol. The smallest absolute Gasteiger partial charge is 0.334 e. The number of hydrogen-bond donors (Lipinski definition) is 0. The maximum Gasteiger partial charge on any atom is 0.334 e. The molecule has 1 saturated heterocycles. The van der Waals surface area contributed by atoms with E-state index in [4.69, 9.17) is 14.7 Å². The van der Waals surface area contributed by atoms with E-state index in [9.17, 15) is 9.59 Å². The number of rotatable bonds is 5. The molecule has 1 unspecified atom stereocenters. The molecular formula is C17H20N2O4. The van der Waals surface area contributed by atoms with E-state index >= 15 is 0 Å². The van der Waals surface area contributed by atoms with Crippen LogP contribution in [0.5, 0.6) is 11.5 Å². The lowest BCUT2D eigenvalue weighted by Crippen LogP contribution is -2.47. The van der Waals surface area contributed by atoms with Crippen molar-refractivity contribution in [1.82, 2.24) is 4.90 Å². The number of benzene rings is 1. The maximum absolute atomic E-state index is 12.6. The largest absolute Gasteiger partial charge is 0.493 e. The number of likely N-dealkylation sites (tertiary alicyclic amines) is 1. The first-order valence-electron chi connectivity index (χ1n) is 7.57. The lowest BCUT2D eigenvalue weighted by molar-refractivity contribution is -0.148. The van der Waals surface area contributed by atoms with Crippen LogP contribution in [0.1, 0.15) is 32.3 Å². The van der Waals surface area contributed by atoms with Gasteiger partial charge in [0.05, 0.1) is 18.7 Å². The van der Waals surface area contributed by atoms with Gasteiger partial charge in [0.25, 0.3) is 0 Å². The van der Waals surface area contributed by atoms with Crippen molar-refractivity contribution in [3.05, 3.63) is 23.8 Å². The summed E-state index contributed by atoms with van der Waals surface area (Å²) in [7, 11) is 1.44. The fourth-order valence-corrected chi connectivity index (χ4v) is 2.71. The lowest BCUT2D eigenvalue weighted by atomic mass is 10.0. The van der Waals surface area contributed by atoms with Crippen molar-refractivity contribution in [3.8, 4) is 17.6 Å². The van der Waals surface area contributed by atoms with Crippen LogP contribution in [-0.4, -0.2) is 36.5 Å². The van der Waals surface area contributed by atoms with Gasteiger partial charge in [-0.1, -0.05) is 13.8 Å². The van der Waals surface area contributed by atoms with Crippen LogP contribution in [0, 0.1) is 17.2 Å². The third-order valence-electron chi connectivity index (χ3n) is 3.82. The molecule has 23 heavy (non-hydrogen) atoms. The van der Waals surface area contributed by atoms with Crippen molar-refractivity contribution in [2.75, 3.05) is 13.7 Å². The minimum Gasteiger partial charge on any atom is -0.493 e. The second kappa shape index (κ2) is 7.14. The van der Waals surface area contributed by atoms with Gasteiger partial charge >= 0.3 is 5.97 Å². The van der Waals surface area contributed by atoms with Gasteiger partial charge in [0.2, 0.25) is 5.91 Å². The molecular weight excluding hydrogens is 296 g/mol. The van der Waals surface area contributed by atoms with Crippen molar-refractivity contribution in [2.24, 2.45) is 5.92 Å². The van der Waals surface area contributed by atoms with Crippen LogP contribution < -0.4 is 9.47 Å². The van der Waals surface area contributed by atoms with Gasteiger partial charge in [0, 0.05) is 19.0 Å². The second-order valence-electron chi connectivity index (χ2n) is 5.78. The average molecular weight is 316 g/mol. The SMILES string of the molecule is COc1cc(C#N)ccc1OC(=O)C(C(C)C)N1CCCC1=O. The van der Waals surface area contributed by atoms with Crippen LogP contribution in [0.25, 0.3) is 0 Å². The Bertz CT molecular complexity index is 648. The highest BCUT2D eigenvalue weighted by Gasteiger charge is 2.36. The summed E-state index contributed by atoms with van der Waals surface area (Å²) in [5, 5.41) is 8.91. The molecule has 1 aromatic rings. The fraction of sp³-hybridized carbons (Fsp3) is 0.471. The molecule has 1 aliphatic heterocycles. The van der Waals surface area contributed by atoms with Crippen molar-refractivity contribution < 1.29 is 19.1 Å². The Balaban J connectivity index is 2.22. The summed E-state index contributed by atoms with van der Waals surface area (Å²) < 4.78 is 10.6. The van der Waals surface area contributed by atoms with Gasteiger partial charge in [0.15, 0.2) is 11.5 Å². The molecule has 1 heterocycles. The molecule has 1 amide bonds. The molecule has 0 aliphatic carbocycles. The summed E-state index contributed by atoms with van der Waals surface area (Å²) >= 11 is 0. The first-order chi connectivity index (χ1) is 11.0. The van der Waals surface area contributed by atoms with Gasteiger partial charge in [-0.3, -0.25) is 4.79 Å². The number of ether oxygens (including phenoxy) is 2. The summed E-state index contributed by atoms with van der Waals surface area (Å²) in [6.07, 6.45) is 1.23. The van der Waals surface area contributed by atoms with E-state index in [1.54, 1.807) is 11.0 Å². The van der Waals surface area contributed by atoms with E-state index in [1.165, 1.54) is 19.2 Å². The van der Waals surface area contributed by atoms with Gasteiger partial charge in [0.1, 0.15) is 6.04 Å². The standard InChI is InChI=1S/C17H20N2O4/c1-11(2)16(19-8-4-5-15(19)20)17(21)23-13-7-6-12(10-18)9-14(13)22-3/h6-7,9,11,16H,4-5,8H2,1-3H3. The predicted octanol–water partition coefficient (Wildman–Crippen LogP) is 2.12. The highest BCUT2D eigenvalue weighted by atomic mass is 16.6. The molecule has 6 heteroatoms. The number of nitrogens with zero attached hydrogens (tertiary/aromatic N) is 2. The quantitative estimate of drug-likeness (QED) is 0.614. The summed E-state index contributed by atoms with van der Waals surface area (Å²) in [5.41, 5.74) is 0.414. The third-order valence-corrected chi connectivity index (χ3v) is 3.82. The molecule has 1 aliphatic rings. The van der Waals surface area contributed by atoms with Crippen molar-refractivity contribution >= 4 is 11.9 Å². The normalized spacial score (nSPS) is 15.4. The van der Waals surface area contributed by atoms with E-state index in [1.807, 2.05) is 19.9 Å². The van der Waals surface area contributed by atoms with Gasteiger partial charge in [-0.15, -0.1) is 0 Å². The van der Waals surface area contributed by atoms with E-state index in [0.717, 1.165) is 6.42 Å². The topological polar surface area (TPSA) is 79.6 Å². The zero-order chi connectivity index (χ0) is 17.0. The Hall–Kier alpha value is -2.55. The van der Waals surface area contributed by atoms with Crippen molar-refractivity contribution in [3.63, 3.8) is 0 Å². The Kier molecular flexibility index (Phi) is 5.22. The molecule has 1 atom stereocenters. The molecule has 0 saturated carbocycles. The number of carbonyl (C=O) groups is 2. The van der Waals surface area contributed by atoms with Gasteiger partial charge in [-0.2, -0.15) is 5.26 Å². The molecule has 0 radical (unpaired) electrons. The molecule has 0 bridgehead atoms. The van der Waals surface area contributed by atoms with E-state index in [-0.39, 0.29) is 17.6 Å². The third kappa shape index (κ3) is 3.62. The van der Waals surface area contributed by atoms with Crippen LogP contribution >= 0.6 is 0 Å². The number of carbonyl (C=O) groups excluding carboxylic acids is 2.